The molecule has 1 aromatic heterocycles. The van der Waals surface area contributed by atoms with Gasteiger partial charge in [-0.2, -0.15) is 0 Å². The van der Waals surface area contributed by atoms with E-state index >= 15 is 0 Å². The molecule has 0 bridgehead atoms. The Morgan fingerprint density at radius 3 is 2.55 bits per heavy atom. The molecular weight excluding hydrogens is 248 g/mol. The number of hydrogen-bond donors (Lipinski definition) is 1. The van der Waals surface area contributed by atoms with E-state index in [9.17, 15) is 5.11 Å². The molecule has 0 saturated carbocycles. The molecule has 1 N–H and O–H groups in total. The molecule has 3 heteroatoms. The van der Waals surface area contributed by atoms with E-state index in [0.717, 1.165) is 23.4 Å². The van der Waals surface area contributed by atoms with Gasteiger partial charge in [-0.25, -0.2) is 4.98 Å². The first-order chi connectivity index (χ1) is 9.78. The van der Waals surface area contributed by atoms with Gasteiger partial charge in [-0.15, -0.1) is 0 Å². The van der Waals surface area contributed by atoms with Gasteiger partial charge in [-0.1, -0.05) is 42.0 Å². The lowest BCUT2D eigenvalue weighted by Crippen LogP contribution is -2.07. The highest BCUT2D eigenvalue weighted by atomic mass is 16.3. The number of aliphatic hydroxyl groups excluding tert-OH is 1. The number of rotatable bonds is 4. The molecule has 3 rings (SSSR count). The van der Waals surface area contributed by atoms with Crippen LogP contribution in [0, 0.1) is 6.92 Å². The highest BCUT2D eigenvalue weighted by Crippen LogP contribution is 2.18. The van der Waals surface area contributed by atoms with Crippen molar-refractivity contribution in [3.8, 4) is 0 Å². The fraction of sp³-hybridized carbons (Fsp3) is 0.235. The molecular formula is C17H18N2O. The summed E-state index contributed by atoms with van der Waals surface area (Å²) in [5.74, 6) is 0.939. The van der Waals surface area contributed by atoms with Crippen LogP contribution in [0.2, 0.25) is 0 Å². The summed E-state index contributed by atoms with van der Waals surface area (Å²) in [7, 11) is 0. The zero-order chi connectivity index (χ0) is 13.9. The van der Waals surface area contributed by atoms with Crippen molar-refractivity contribution in [2.75, 3.05) is 6.61 Å². The summed E-state index contributed by atoms with van der Waals surface area (Å²) >= 11 is 0. The molecule has 3 aromatic rings. The molecule has 0 aliphatic carbocycles. The SMILES string of the molecule is Cc1ccc(Cn2c(CCO)nc3ccccc32)cc1. The van der Waals surface area contributed by atoms with Crippen LogP contribution in [0.25, 0.3) is 11.0 Å². The van der Waals surface area contributed by atoms with Crippen molar-refractivity contribution in [2.45, 2.75) is 19.9 Å². The van der Waals surface area contributed by atoms with Gasteiger partial charge < -0.3 is 9.67 Å². The van der Waals surface area contributed by atoms with Crippen molar-refractivity contribution >= 4 is 11.0 Å². The van der Waals surface area contributed by atoms with Crippen LogP contribution < -0.4 is 0 Å². The maximum atomic E-state index is 9.22. The van der Waals surface area contributed by atoms with Gasteiger partial charge in [0.15, 0.2) is 0 Å². The second-order valence-corrected chi connectivity index (χ2v) is 5.06. The number of nitrogens with zero attached hydrogens (tertiary/aromatic N) is 2. The fourth-order valence-electron chi connectivity index (χ4n) is 2.47. The van der Waals surface area contributed by atoms with Gasteiger partial charge in [0.1, 0.15) is 5.82 Å². The topological polar surface area (TPSA) is 38.0 Å². The second-order valence-electron chi connectivity index (χ2n) is 5.06. The van der Waals surface area contributed by atoms with Crippen molar-refractivity contribution in [1.29, 1.82) is 0 Å². The number of imidazole rings is 1. The molecule has 0 aliphatic rings. The van der Waals surface area contributed by atoms with Gasteiger partial charge in [0.2, 0.25) is 0 Å². The quantitative estimate of drug-likeness (QED) is 0.788. The van der Waals surface area contributed by atoms with Crippen LogP contribution in [-0.4, -0.2) is 21.3 Å². The maximum absolute atomic E-state index is 9.22. The number of para-hydroxylation sites is 2. The summed E-state index contributed by atoms with van der Waals surface area (Å²) in [5, 5.41) is 9.22. The van der Waals surface area contributed by atoms with Crippen LogP contribution in [0.5, 0.6) is 0 Å². The van der Waals surface area contributed by atoms with E-state index in [4.69, 9.17) is 0 Å². The smallest absolute Gasteiger partial charge is 0.112 e. The lowest BCUT2D eigenvalue weighted by atomic mass is 10.1. The Morgan fingerprint density at radius 1 is 1.05 bits per heavy atom. The van der Waals surface area contributed by atoms with Crippen molar-refractivity contribution in [3.05, 3.63) is 65.5 Å². The summed E-state index contributed by atoms with van der Waals surface area (Å²) < 4.78 is 2.19. The third-order valence-electron chi connectivity index (χ3n) is 3.53. The molecule has 0 atom stereocenters. The first kappa shape index (κ1) is 12.9. The van der Waals surface area contributed by atoms with E-state index in [1.807, 2.05) is 18.2 Å². The number of aliphatic hydroxyl groups is 1. The molecule has 3 nitrogen and oxygen atoms in total. The molecule has 1 heterocycles. The van der Waals surface area contributed by atoms with Crippen molar-refractivity contribution < 1.29 is 5.11 Å². The minimum atomic E-state index is 0.122. The van der Waals surface area contributed by atoms with Crippen LogP contribution in [-0.2, 0) is 13.0 Å². The molecule has 2 aromatic carbocycles. The summed E-state index contributed by atoms with van der Waals surface area (Å²) in [4.78, 5) is 4.62. The minimum absolute atomic E-state index is 0.122. The van der Waals surface area contributed by atoms with E-state index in [1.54, 1.807) is 0 Å². The summed E-state index contributed by atoms with van der Waals surface area (Å²) in [6.45, 7) is 3.00. The Labute approximate surface area is 118 Å². The van der Waals surface area contributed by atoms with Crippen LogP contribution in [0.1, 0.15) is 17.0 Å². The highest BCUT2D eigenvalue weighted by molar-refractivity contribution is 5.76. The molecule has 102 valence electrons. The van der Waals surface area contributed by atoms with Crippen LogP contribution >= 0.6 is 0 Å². The molecule has 0 unspecified atom stereocenters. The van der Waals surface area contributed by atoms with E-state index in [-0.39, 0.29) is 6.61 Å². The van der Waals surface area contributed by atoms with Crippen molar-refractivity contribution in [2.24, 2.45) is 0 Å². The van der Waals surface area contributed by atoms with Gasteiger partial charge in [-0.05, 0) is 24.6 Å². The summed E-state index contributed by atoms with van der Waals surface area (Å²) in [5.41, 5.74) is 4.62. The fourth-order valence-corrected chi connectivity index (χ4v) is 2.47. The molecule has 0 saturated heterocycles. The number of benzene rings is 2. The Bertz CT molecular complexity index is 713. The van der Waals surface area contributed by atoms with Crippen LogP contribution in [0.15, 0.2) is 48.5 Å². The van der Waals surface area contributed by atoms with Gasteiger partial charge in [-0.3, -0.25) is 0 Å². The van der Waals surface area contributed by atoms with E-state index in [0.29, 0.717) is 6.42 Å². The molecule has 20 heavy (non-hydrogen) atoms. The Kier molecular flexibility index (Phi) is 3.52. The zero-order valence-electron chi connectivity index (χ0n) is 11.6. The van der Waals surface area contributed by atoms with E-state index < -0.39 is 0 Å². The predicted octanol–water partition coefficient (Wildman–Crippen LogP) is 2.93. The third kappa shape index (κ3) is 2.45. The van der Waals surface area contributed by atoms with Gasteiger partial charge in [0, 0.05) is 13.0 Å². The van der Waals surface area contributed by atoms with Gasteiger partial charge in [0.25, 0.3) is 0 Å². The molecule has 0 amide bonds. The normalized spacial score (nSPS) is 11.1. The van der Waals surface area contributed by atoms with Crippen molar-refractivity contribution in [3.63, 3.8) is 0 Å². The third-order valence-corrected chi connectivity index (χ3v) is 3.53. The standard InChI is InChI=1S/C17H18N2O/c1-13-6-8-14(9-7-13)12-19-16-5-3-2-4-15(16)18-17(19)10-11-20/h2-9,20H,10-12H2,1H3. The molecule has 0 aliphatic heterocycles. The highest BCUT2D eigenvalue weighted by Gasteiger charge is 2.10. The molecule has 0 fully saturated rings. The van der Waals surface area contributed by atoms with E-state index in [2.05, 4.69) is 46.8 Å². The Balaban J connectivity index is 2.04. The Morgan fingerprint density at radius 2 is 1.80 bits per heavy atom. The number of hydrogen-bond acceptors (Lipinski definition) is 2. The first-order valence-electron chi connectivity index (χ1n) is 6.88. The monoisotopic (exact) mass is 266 g/mol. The maximum Gasteiger partial charge on any atom is 0.112 e. The molecule has 0 spiro atoms. The van der Waals surface area contributed by atoms with Crippen LogP contribution in [0.4, 0.5) is 0 Å². The lowest BCUT2D eigenvalue weighted by Gasteiger charge is -2.09. The number of aromatic nitrogens is 2. The lowest BCUT2D eigenvalue weighted by molar-refractivity contribution is 0.295. The summed E-state index contributed by atoms with van der Waals surface area (Å²) in [6, 6.07) is 16.7. The first-order valence-corrected chi connectivity index (χ1v) is 6.88. The van der Waals surface area contributed by atoms with E-state index in [1.165, 1.54) is 11.1 Å². The minimum Gasteiger partial charge on any atom is -0.396 e. The number of fused-ring (bicyclic) bond motifs is 1. The van der Waals surface area contributed by atoms with Gasteiger partial charge in [0.05, 0.1) is 17.6 Å². The predicted molar refractivity (Wildman–Crippen MR) is 80.8 cm³/mol. The largest absolute Gasteiger partial charge is 0.396 e. The summed E-state index contributed by atoms with van der Waals surface area (Å²) in [6.07, 6.45) is 0.584. The second kappa shape index (κ2) is 5.47. The van der Waals surface area contributed by atoms with Gasteiger partial charge >= 0.3 is 0 Å². The van der Waals surface area contributed by atoms with Crippen molar-refractivity contribution in [1.82, 2.24) is 9.55 Å². The number of aryl methyl sites for hydroxylation is 1. The average Bonchev–Trinajstić information content (AvgIpc) is 2.80. The average molecular weight is 266 g/mol. The Hall–Kier alpha value is -2.13. The molecule has 0 radical (unpaired) electrons. The zero-order valence-corrected chi connectivity index (χ0v) is 11.6. The van der Waals surface area contributed by atoms with Crippen LogP contribution in [0.3, 0.4) is 0 Å².